The second kappa shape index (κ2) is 6.17. The lowest BCUT2D eigenvalue weighted by molar-refractivity contribution is 0.100. The minimum absolute atomic E-state index is 0.128. The number of Topliss-reactive ketones (excluding diaryl/α,β-unsaturated/α-hetero) is 1. The molecule has 2 aromatic heterocycles. The van der Waals surface area contributed by atoms with Gasteiger partial charge in [0.05, 0.1) is 0 Å². The first-order chi connectivity index (χ1) is 10.6. The first-order valence-electron chi connectivity index (χ1n) is 6.42. The quantitative estimate of drug-likeness (QED) is 0.740. The van der Waals surface area contributed by atoms with E-state index in [4.69, 9.17) is 0 Å². The molecule has 0 aliphatic rings. The standard InChI is InChI=1S/C15H11N3O2S2/c1-9(19)11-7-22-15(17-11)18-13(20)12-8-21-14(16-12)10-5-3-2-4-6-10/h2-8H,1H3,(H,17,18,20). The third-order valence-corrected chi connectivity index (χ3v) is 4.49. The average molecular weight is 329 g/mol. The molecule has 0 unspecified atom stereocenters. The summed E-state index contributed by atoms with van der Waals surface area (Å²) in [4.78, 5) is 31.7. The van der Waals surface area contributed by atoms with Crippen LogP contribution in [0.1, 0.15) is 27.9 Å². The highest BCUT2D eigenvalue weighted by atomic mass is 32.1. The number of benzene rings is 1. The van der Waals surface area contributed by atoms with Crippen molar-refractivity contribution in [2.45, 2.75) is 6.92 Å². The summed E-state index contributed by atoms with van der Waals surface area (Å²) in [5, 5.41) is 7.16. The number of thiazole rings is 2. The summed E-state index contributed by atoms with van der Waals surface area (Å²) in [5.41, 5.74) is 1.66. The number of hydrogen-bond donors (Lipinski definition) is 1. The van der Waals surface area contributed by atoms with E-state index in [2.05, 4.69) is 15.3 Å². The van der Waals surface area contributed by atoms with Gasteiger partial charge in [0.2, 0.25) is 0 Å². The topological polar surface area (TPSA) is 72.0 Å². The monoisotopic (exact) mass is 329 g/mol. The van der Waals surface area contributed by atoms with E-state index in [0.717, 1.165) is 10.6 Å². The number of amides is 1. The van der Waals surface area contributed by atoms with Crippen LogP contribution >= 0.6 is 22.7 Å². The number of nitrogens with one attached hydrogen (secondary N) is 1. The van der Waals surface area contributed by atoms with E-state index in [1.807, 2.05) is 30.3 Å². The second-order valence-corrected chi connectivity index (χ2v) is 6.17. The number of rotatable bonds is 4. The van der Waals surface area contributed by atoms with Crippen LogP contribution in [-0.4, -0.2) is 21.7 Å². The van der Waals surface area contributed by atoms with Crippen molar-refractivity contribution in [3.8, 4) is 10.6 Å². The summed E-state index contributed by atoms with van der Waals surface area (Å²) in [6.45, 7) is 1.44. The predicted octanol–water partition coefficient (Wildman–Crippen LogP) is 3.72. The smallest absolute Gasteiger partial charge is 0.276 e. The minimum Gasteiger partial charge on any atom is -0.296 e. The van der Waals surface area contributed by atoms with Gasteiger partial charge in [-0.15, -0.1) is 22.7 Å². The minimum atomic E-state index is -0.331. The van der Waals surface area contributed by atoms with Crippen LogP contribution in [0.5, 0.6) is 0 Å². The van der Waals surface area contributed by atoms with Crippen LogP contribution in [-0.2, 0) is 0 Å². The lowest BCUT2D eigenvalue weighted by atomic mass is 10.2. The van der Waals surface area contributed by atoms with Crippen LogP contribution in [0.2, 0.25) is 0 Å². The fourth-order valence-corrected chi connectivity index (χ4v) is 3.30. The third kappa shape index (κ3) is 3.10. The first-order valence-corrected chi connectivity index (χ1v) is 8.18. The van der Waals surface area contributed by atoms with Crippen LogP contribution in [0.25, 0.3) is 10.6 Å². The maximum Gasteiger partial charge on any atom is 0.276 e. The van der Waals surface area contributed by atoms with Gasteiger partial charge in [-0.3, -0.25) is 14.9 Å². The van der Waals surface area contributed by atoms with Crippen LogP contribution in [0, 0.1) is 0 Å². The van der Waals surface area contributed by atoms with Gasteiger partial charge in [-0.25, -0.2) is 9.97 Å². The maximum absolute atomic E-state index is 12.2. The molecule has 0 atom stereocenters. The molecule has 0 saturated heterocycles. The lowest BCUT2D eigenvalue weighted by Crippen LogP contribution is -2.12. The maximum atomic E-state index is 12.2. The molecule has 0 fully saturated rings. The molecule has 1 amide bonds. The number of carbonyl (C=O) groups excluding carboxylic acids is 2. The zero-order chi connectivity index (χ0) is 15.5. The van der Waals surface area contributed by atoms with Crippen LogP contribution < -0.4 is 5.32 Å². The molecule has 0 aliphatic heterocycles. The molecular formula is C15H11N3O2S2. The van der Waals surface area contributed by atoms with E-state index in [-0.39, 0.29) is 11.7 Å². The van der Waals surface area contributed by atoms with E-state index in [1.165, 1.54) is 29.6 Å². The van der Waals surface area contributed by atoms with Crippen molar-refractivity contribution in [2.24, 2.45) is 0 Å². The molecule has 110 valence electrons. The van der Waals surface area contributed by atoms with Crippen molar-refractivity contribution in [2.75, 3.05) is 5.32 Å². The number of ketones is 1. The Bertz CT molecular complexity index is 824. The Morgan fingerprint density at radius 3 is 2.41 bits per heavy atom. The van der Waals surface area contributed by atoms with E-state index in [1.54, 1.807) is 10.8 Å². The molecule has 2 heterocycles. The molecule has 0 radical (unpaired) electrons. The molecular weight excluding hydrogens is 318 g/mol. The Morgan fingerprint density at radius 2 is 1.73 bits per heavy atom. The Balaban J connectivity index is 1.75. The third-order valence-electron chi connectivity index (χ3n) is 2.84. The van der Waals surface area contributed by atoms with Crippen LogP contribution in [0.4, 0.5) is 5.13 Å². The van der Waals surface area contributed by atoms with Crippen LogP contribution in [0.3, 0.4) is 0 Å². The summed E-state index contributed by atoms with van der Waals surface area (Å²) in [6, 6.07) is 9.67. The second-order valence-electron chi connectivity index (χ2n) is 4.45. The van der Waals surface area contributed by atoms with Gasteiger partial charge >= 0.3 is 0 Å². The van der Waals surface area contributed by atoms with Crippen molar-refractivity contribution >= 4 is 39.5 Å². The summed E-state index contributed by atoms with van der Waals surface area (Å²) >= 11 is 2.62. The SMILES string of the molecule is CC(=O)c1csc(NC(=O)c2csc(-c3ccccc3)n2)n1. The van der Waals surface area contributed by atoms with Crippen molar-refractivity contribution in [3.63, 3.8) is 0 Å². The van der Waals surface area contributed by atoms with E-state index < -0.39 is 0 Å². The van der Waals surface area contributed by atoms with Gasteiger partial charge < -0.3 is 0 Å². The van der Waals surface area contributed by atoms with Crippen molar-refractivity contribution < 1.29 is 9.59 Å². The Hall–Kier alpha value is -2.38. The molecule has 0 spiro atoms. The number of nitrogens with zero attached hydrogens (tertiary/aromatic N) is 2. The first kappa shape index (κ1) is 14.6. The number of hydrogen-bond acceptors (Lipinski definition) is 6. The predicted molar refractivity (Wildman–Crippen MR) is 87.6 cm³/mol. The van der Waals surface area contributed by atoms with Gasteiger partial charge in [0, 0.05) is 23.2 Å². The van der Waals surface area contributed by atoms with Crippen molar-refractivity contribution in [3.05, 3.63) is 52.5 Å². The van der Waals surface area contributed by atoms with Gasteiger partial charge in [0.1, 0.15) is 16.4 Å². The summed E-state index contributed by atoms with van der Waals surface area (Å²) in [6.07, 6.45) is 0. The lowest BCUT2D eigenvalue weighted by Gasteiger charge is -1.97. The molecule has 22 heavy (non-hydrogen) atoms. The fourth-order valence-electron chi connectivity index (χ4n) is 1.75. The van der Waals surface area contributed by atoms with Gasteiger partial charge in [-0.05, 0) is 0 Å². The molecule has 3 aromatic rings. The van der Waals surface area contributed by atoms with Gasteiger partial charge in [-0.2, -0.15) is 0 Å². The average Bonchev–Trinajstić information content (AvgIpc) is 3.17. The molecule has 5 nitrogen and oxygen atoms in total. The zero-order valence-corrected chi connectivity index (χ0v) is 13.2. The number of carbonyl (C=O) groups is 2. The number of aromatic nitrogens is 2. The molecule has 0 bridgehead atoms. The van der Waals surface area contributed by atoms with E-state index in [0.29, 0.717) is 16.5 Å². The molecule has 1 aromatic carbocycles. The Labute approximate surface area is 134 Å². The van der Waals surface area contributed by atoms with Crippen LogP contribution in [0.15, 0.2) is 41.1 Å². The van der Waals surface area contributed by atoms with E-state index >= 15 is 0 Å². The van der Waals surface area contributed by atoms with Gasteiger partial charge in [0.15, 0.2) is 10.9 Å². The zero-order valence-electron chi connectivity index (χ0n) is 11.6. The van der Waals surface area contributed by atoms with E-state index in [9.17, 15) is 9.59 Å². The Morgan fingerprint density at radius 1 is 1.00 bits per heavy atom. The van der Waals surface area contributed by atoms with Gasteiger partial charge in [0.25, 0.3) is 5.91 Å². The number of anilines is 1. The molecule has 3 rings (SSSR count). The molecule has 7 heteroatoms. The highest BCUT2D eigenvalue weighted by molar-refractivity contribution is 7.14. The Kier molecular flexibility index (Phi) is 4.08. The molecule has 0 saturated carbocycles. The highest BCUT2D eigenvalue weighted by Crippen LogP contribution is 2.24. The molecule has 1 N–H and O–H groups in total. The normalized spacial score (nSPS) is 10.4. The van der Waals surface area contributed by atoms with Crippen molar-refractivity contribution in [1.29, 1.82) is 0 Å². The van der Waals surface area contributed by atoms with Crippen molar-refractivity contribution in [1.82, 2.24) is 9.97 Å². The fraction of sp³-hybridized carbons (Fsp3) is 0.0667. The summed E-state index contributed by atoms with van der Waals surface area (Å²) < 4.78 is 0. The summed E-state index contributed by atoms with van der Waals surface area (Å²) in [5.74, 6) is -0.459. The van der Waals surface area contributed by atoms with Gasteiger partial charge in [-0.1, -0.05) is 30.3 Å². The largest absolute Gasteiger partial charge is 0.296 e. The highest BCUT2D eigenvalue weighted by Gasteiger charge is 2.14. The molecule has 0 aliphatic carbocycles. The summed E-state index contributed by atoms with van der Waals surface area (Å²) in [7, 11) is 0.